The largest absolute Gasteiger partial charge is 0.586 e. The Kier molecular flexibility index (Phi) is 3.32. The van der Waals surface area contributed by atoms with Gasteiger partial charge in [0.15, 0.2) is 11.5 Å². The van der Waals surface area contributed by atoms with Gasteiger partial charge in [0.25, 0.3) is 10.0 Å². The molecular weight excluding hydrogens is 392 g/mol. The van der Waals surface area contributed by atoms with E-state index >= 15 is 0 Å². The lowest BCUT2D eigenvalue weighted by atomic mass is 10.1. The molecule has 2 aromatic carbocycles. The molecule has 2 aromatic heterocycles. The molecule has 28 heavy (non-hydrogen) atoms. The highest BCUT2D eigenvalue weighted by Gasteiger charge is 2.45. The van der Waals surface area contributed by atoms with Crippen LogP contribution in [0.5, 0.6) is 11.5 Å². The van der Waals surface area contributed by atoms with Crippen molar-refractivity contribution in [2.24, 2.45) is 0 Å². The van der Waals surface area contributed by atoms with E-state index in [1.54, 1.807) is 18.3 Å². The first-order chi connectivity index (χ1) is 13.3. The van der Waals surface area contributed by atoms with Crippen molar-refractivity contribution in [3.63, 3.8) is 0 Å². The van der Waals surface area contributed by atoms with Gasteiger partial charge in [-0.3, -0.25) is 9.71 Å². The summed E-state index contributed by atoms with van der Waals surface area (Å²) in [5.41, 5.74) is 1.03. The number of rotatable bonds is 3. The first-order valence-electron chi connectivity index (χ1n) is 8.11. The van der Waals surface area contributed by atoms with Crippen molar-refractivity contribution < 1.29 is 26.7 Å². The van der Waals surface area contributed by atoms with Crippen LogP contribution in [0, 0.1) is 0 Å². The second-order valence-corrected chi connectivity index (χ2v) is 7.78. The number of hydrogen-bond acceptors (Lipinski definition) is 5. The molecular formula is C18H11F2N3O4S. The Labute approximate surface area is 157 Å². The van der Waals surface area contributed by atoms with Gasteiger partial charge in [-0.05, 0) is 18.2 Å². The number of aromatic amines is 1. The van der Waals surface area contributed by atoms with Crippen LogP contribution in [0.1, 0.15) is 0 Å². The Bertz CT molecular complexity index is 1350. The lowest BCUT2D eigenvalue weighted by molar-refractivity contribution is -0.286. The first kappa shape index (κ1) is 16.8. The first-order valence-corrected chi connectivity index (χ1v) is 9.59. The van der Waals surface area contributed by atoms with E-state index in [0.717, 1.165) is 5.39 Å². The zero-order valence-electron chi connectivity index (χ0n) is 13.9. The van der Waals surface area contributed by atoms with Crippen LogP contribution in [-0.4, -0.2) is 24.7 Å². The molecule has 0 spiro atoms. The topological polar surface area (TPSA) is 93.3 Å². The minimum absolute atomic E-state index is 0.0788. The number of anilines is 1. The number of sulfonamides is 1. The number of H-pyrrole nitrogens is 1. The van der Waals surface area contributed by atoms with Gasteiger partial charge in [0.1, 0.15) is 4.90 Å². The molecule has 0 unspecified atom stereocenters. The smallest absolute Gasteiger partial charge is 0.395 e. The van der Waals surface area contributed by atoms with Crippen LogP contribution in [-0.2, 0) is 10.0 Å². The minimum Gasteiger partial charge on any atom is -0.395 e. The number of para-hydroxylation sites is 1. The molecule has 2 N–H and O–H groups in total. The average Bonchev–Trinajstić information content (AvgIpc) is 3.22. The summed E-state index contributed by atoms with van der Waals surface area (Å²) in [5.74, 6) is -0.630. The van der Waals surface area contributed by atoms with Gasteiger partial charge in [-0.25, -0.2) is 8.42 Å². The van der Waals surface area contributed by atoms with E-state index in [1.807, 2.05) is 12.1 Å². The number of pyridine rings is 1. The van der Waals surface area contributed by atoms with Crippen molar-refractivity contribution in [2.75, 3.05) is 4.72 Å². The molecule has 0 saturated carbocycles. The molecule has 7 nitrogen and oxygen atoms in total. The van der Waals surface area contributed by atoms with Crippen LogP contribution in [0.4, 0.5) is 14.5 Å². The Morgan fingerprint density at radius 3 is 2.79 bits per heavy atom. The Morgan fingerprint density at radius 2 is 1.93 bits per heavy atom. The normalized spacial score (nSPS) is 15.2. The molecule has 5 rings (SSSR count). The summed E-state index contributed by atoms with van der Waals surface area (Å²) in [6.07, 6.45) is -0.913. The maximum atomic E-state index is 13.3. The molecule has 1 aliphatic rings. The van der Waals surface area contributed by atoms with Gasteiger partial charge < -0.3 is 14.5 Å². The second kappa shape index (κ2) is 5.55. The zero-order valence-corrected chi connectivity index (χ0v) is 14.8. The Balaban J connectivity index is 1.60. The summed E-state index contributed by atoms with van der Waals surface area (Å²) < 4.78 is 63.6. The van der Waals surface area contributed by atoms with E-state index in [4.69, 9.17) is 0 Å². The third-order valence-electron chi connectivity index (χ3n) is 4.35. The summed E-state index contributed by atoms with van der Waals surface area (Å²) in [7, 11) is -4.13. The van der Waals surface area contributed by atoms with Crippen molar-refractivity contribution in [1.29, 1.82) is 0 Å². The number of nitrogens with one attached hydrogen (secondary N) is 2. The predicted octanol–water partition coefficient (Wildman–Crippen LogP) is 3.84. The van der Waals surface area contributed by atoms with E-state index in [2.05, 4.69) is 24.2 Å². The van der Waals surface area contributed by atoms with E-state index in [-0.39, 0.29) is 22.1 Å². The summed E-state index contributed by atoms with van der Waals surface area (Å²) >= 11 is 0. The third-order valence-corrected chi connectivity index (χ3v) is 5.74. The van der Waals surface area contributed by atoms with Crippen LogP contribution >= 0.6 is 0 Å². The van der Waals surface area contributed by atoms with Crippen molar-refractivity contribution >= 4 is 37.5 Å². The van der Waals surface area contributed by atoms with Gasteiger partial charge in [-0.1, -0.05) is 24.3 Å². The summed E-state index contributed by atoms with van der Waals surface area (Å²) in [6, 6.07) is 11.1. The monoisotopic (exact) mass is 403 g/mol. The SMILES string of the molecule is O=S(=O)(Nc1cccc2c1OC(F)(F)O2)c1cnc2c1ccc1ccc[nH]c12. The fourth-order valence-corrected chi connectivity index (χ4v) is 4.38. The van der Waals surface area contributed by atoms with Crippen molar-refractivity contribution in [3.05, 3.63) is 54.9 Å². The number of benzene rings is 2. The van der Waals surface area contributed by atoms with Crippen molar-refractivity contribution in [3.8, 4) is 11.5 Å². The number of aromatic nitrogens is 2. The number of halogens is 2. The summed E-state index contributed by atoms with van der Waals surface area (Å²) in [4.78, 5) is 7.20. The van der Waals surface area contributed by atoms with Crippen LogP contribution in [0.2, 0.25) is 0 Å². The average molecular weight is 403 g/mol. The van der Waals surface area contributed by atoms with Gasteiger partial charge >= 0.3 is 6.29 Å². The van der Waals surface area contributed by atoms with Crippen LogP contribution in [0.15, 0.2) is 59.8 Å². The molecule has 10 heteroatoms. The molecule has 0 saturated heterocycles. The second-order valence-electron chi connectivity index (χ2n) is 6.12. The van der Waals surface area contributed by atoms with Crippen molar-refractivity contribution in [2.45, 2.75) is 11.2 Å². The highest BCUT2D eigenvalue weighted by atomic mass is 32.2. The van der Waals surface area contributed by atoms with Crippen LogP contribution in [0.25, 0.3) is 21.8 Å². The molecule has 0 bridgehead atoms. The van der Waals surface area contributed by atoms with Gasteiger partial charge in [-0.15, -0.1) is 8.78 Å². The molecule has 3 heterocycles. The number of nitrogens with zero attached hydrogens (tertiary/aromatic N) is 1. The highest BCUT2D eigenvalue weighted by Crippen LogP contribution is 2.46. The molecule has 0 radical (unpaired) electrons. The molecule has 142 valence electrons. The fraction of sp³-hybridized carbons (Fsp3) is 0.0556. The fourth-order valence-electron chi connectivity index (χ4n) is 3.17. The van der Waals surface area contributed by atoms with Crippen LogP contribution < -0.4 is 14.2 Å². The lowest BCUT2D eigenvalue weighted by Crippen LogP contribution is -2.26. The maximum absolute atomic E-state index is 13.3. The summed E-state index contributed by atoms with van der Waals surface area (Å²) in [6.45, 7) is 0. The standard InChI is InChI=1S/C18H11F2N3O4S/c19-18(20)26-13-5-1-4-12(17(13)27-18)23-28(24,25)14-9-22-16-11(14)7-6-10-3-2-8-21-15(10)16/h1-9,21,23H. The van der Waals surface area contributed by atoms with E-state index in [9.17, 15) is 17.2 Å². The molecule has 0 atom stereocenters. The van der Waals surface area contributed by atoms with E-state index in [0.29, 0.717) is 16.4 Å². The Morgan fingerprint density at radius 1 is 1.07 bits per heavy atom. The van der Waals surface area contributed by atoms with Crippen molar-refractivity contribution in [1.82, 2.24) is 9.97 Å². The zero-order chi connectivity index (χ0) is 19.5. The molecule has 0 aliphatic carbocycles. The molecule has 1 aliphatic heterocycles. The lowest BCUT2D eigenvalue weighted by Gasteiger charge is -2.10. The maximum Gasteiger partial charge on any atom is 0.586 e. The number of hydrogen-bond donors (Lipinski definition) is 2. The molecule has 4 aromatic rings. The Hall–Kier alpha value is -3.40. The predicted molar refractivity (Wildman–Crippen MR) is 97.1 cm³/mol. The number of alkyl halides is 2. The highest BCUT2D eigenvalue weighted by molar-refractivity contribution is 7.93. The van der Waals surface area contributed by atoms with Gasteiger partial charge in [-0.2, -0.15) is 0 Å². The summed E-state index contributed by atoms with van der Waals surface area (Å²) in [5, 5.41) is 1.27. The number of ether oxygens (including phenoxy) is 2. The van der Waals surface area contributed by atoms with Gasteiger partial charge in [0.2, 0.25) is 0 Å². The molecule has 0 fully saturated rings. The van der Waals surface area contributed by atoms with E-state index in [1.165, 1.54) is 24.4 Å². The van der Waals surface area contributed by atoms with Gasteiger partial charge in [0, 0.05) is 23.2 Å². The number of fused-ring (bicyclic) bond motifs is 4. The minimum atomic E-state index is -4.13. The van der Waals surface area contributed by atoms with Gasteiger partial charge in [0.05, 0.1) is 16.7 Å². The third kappa shape index (κ3) is 2.53. The van der Waals surface area contributed by atoms with E-state index < -0.39 is 16.3 Å². The molecule has 0 amide bonds. The quantitative estimate of drug-likeness (QED) is 0.542. The van der Waals surface area contributed by atoms with Crippen LogP contribution in [0.3, 0.4) is 0 Å².